The molecule has 0 bridgehead atoms. The third-order valence-electron chi connectivity index (χ3n) is 5.52. The second kappa shape index (κ2) is 8.11. The summed E-state index contributed by atoms with van der Waals surface area (Å²) in [5.74, 6) is 0.237. The molecule has 4 aromatic rings. The molecule has 1 amide bonds. The highest BCUT2D eigenvalue weighted by molar-refractivity contribution is 5.93. The summed E-state index contributed by atoms with van der Waals surface area (Å²) in [5.41, 5.74) is 3.44. The molecule has 8 heteroatoms. The van der Waals surface area contributed by atoms with Crippen LogP contribution in [-0.4, -0.2) is 30.6 Å². The molecule has 0 unspecified atom stereocenters. The van der Waals surface area contributed by atoms with E-state index in [-0.39, 0.29) is 16.9 Å². The molecule has 166 valence electrons. The number of para-hydroxylation sites is 1. The molecule has 0 aliphatic rings. The summed E-state index contributed by atoms with van der Waals surface area (Å²) in [5, 5.41) is 8.66. The van der Waals surface area contributed by atoms with Gasteiger partial charge in [0.25, 0.3) is 11.5 Å². The summed E-state index contributed by atoms with van der Waals surface area (Å²) >= 11 is 0. The summed E-state index contributed by atoms with van der Waals surface area (Å²) in [6, 6.07) is 10.8. The topological polar surface area (TPSA) is 108 Å². The van der Waals surface area contributed by atoms with Gasteiger partial charge in [-0.2, -0.15) is 5.10 Å². The van der Waals surface area contributed by atoms with Crippen molar-refractivity contribution in [1.82, 2.24) is 30.0 Å². The maximum atomic E-state index is 13.3. The number of rotatable bonds is 5. The van der Waals surface area contributed by atoms with Crippen LogP contribution < -0.4 is 10.9 Å². The van der Waals surface area contributed by atoms with Crippen molar-refractivity contribution in [2.24, 2.45) is 7.05 Å². The van der Waals surface area contributed by atoms with Crippen LogP contribution in [0.4, 0.5) is 0 Å². The van der Waals surface area contributed by atoms with Crippen LogP contribution in [0.2, 0.25) is 0 Å². The first-order chi connectivity index (χ1) is 15.1. The number of H-pyrrole nitrogens is 2. The Kier molecular flexibility index (Phi) is 5.46. The van der Waals surface area contributed by atoms with E-state index in [1.54, 1.807) is 18.7 Å². The largest absolute Gasteiger partial charge is 0.361 e. The molecule has 1 aromatic carbocycles. The number of aromatic nitrogens is 5. The normalized spacial score (nSPS) is 12.8. The van der Waals surface area contributed by atoms with Crippen molar-refractivity contribution >= 4 is 16.8 Å². The summed E-state index contributed by atoms with van der Waals surface area (Å²) in [7, 11) is 1.76. The van der Waals surface area contributed by atoms with Gasteiger partial charge in [0.05, 0.1) is 17.4 Å². The van der Waals surface area contributed by atoms with E-state index >= 15 is 0 Å². The fourth-order valence-electron chi connectivity index (χ4n) is 3.81. The van der Waals surface area contributed by atoms with E-state index in [1.165, 1.54) is 6.07 Å². The molecule has 3 aromatic heterocycles. The molecule has 0 saturated carbocycles. The molecule has 0 spiro atoms. The Morgan fingerprint density at radius 2 is 1.97 bits per heavy atom. The number of hydrogen-bond acceptors (Lipinski definition) is 4. The number of aryl methyl sites for hydroxylation is 2. The van der Waals surface area contributed by atoms with Gasteiger partial charge in [0.2, 0.25) is 0 Å². The average Bonchev–Trinajstić information content (AvgIpc) is 3.30. The first-order valence-corrected chi connectivity index (χ1v) is 10.6. The molecule has 8 nitrogen and oxygen atoms in total. The van der Waals surface area contributed by atoms with Gasteiger partial charge in [-0.15, -0.1) is 0 Å². The highest BCUT2D eigenvalue weighted by atomic mass is 16.2. The molecule has 3 N–H and O–H groups in total. The molecular weight excluding hydrogens is 404 g/mol. The van der Waals surface area contributed by atoms with Crippen LogP contribution in [0.1, 0.15) is 60.1 Å². The Bertz CT molecular complexity index is 1340. The summed E-state index contributed by atoms with van der Waals surface area (Å²) in [4.78, 5) is 35.8. The molecule has 3 heterocycles. The number of carbonyl (C=O) groups is 1. The van der Waals surface area contributed by atoms with Crippen molar-refractivity contribution in [3.63, 3.8) is 0 Å². The average molecular weight is 433 g/mol. The minimum atomic E-state index is -0.490. The van der Waals surface area contributed by atoms with Crippen molar-refractivity contribution in [3.05, 3.63) is 81.4 Å². The minimum Gasteiger partial charge on any atom is -0.361 e. The minimum absolute atomic E-state index is 0.175. The van der Waals surface area contributed by atoms with Gasteiger partial charge >= 0.3 is 0 Å². The van der Waals surface area contributed by atoms with Crippen molar-refractivity contribution in [2.75, 3.05) is 0 Å². The summed E-state index contributed by atoms with van der Waals surface area (Å²) in [6.07, 6.45) is 2.42. The van der Waals surface area contributed by atoms with E-state index in [0.29, 0.717) is 23.6 Å². The Morgan fingerprint density at radius 1 is 1.22 bits per heavy atom. The zero-order valence-corrected chi connectivity index (χ0v) is 19.0. The summed E-state index contributed by atoms with van der Waals surface area (Å²) < 4.78 is 1.59. The Hall–Kier alpha value is -3.68. The number of fused-ring (bicyclic) bond motifs is 1. The number of aromatic amines is 2. The van der Waals surface area contributed by atoms with E-state index in [1.807, 2.05) is 36.5 Å². The third kappa shape index (κ3) is 4.34. The number of nitrogens with one attached hydrogen (secondary N) is 3. The second-order valence-corrected chi connectivity index (χ2v) is 9.13. The number of carbonyl (C=O) groups excluding carboxylic acids is 1. The maximum absolute atomic E-state index is 13.3. The molecule has 0 aliphatic carbocycles. The standard InChI is InChI=1S/C24H28N6O2/c1-14-26-19(11-22(31)27-14)18(10-15-13-25-17-9-7-6-8-16(15)17)28-23(32)20-12-21(24(2,3)4)29-30(20)5/h6-9,11-13,18,25H,10H2,1-5H3,(H,28,32)(H,26,27,31)/t18-/m1/s1. The number of benzene rings is 1. The van der Waals surface area contributed by atoms with Gasteiger partial charge in [-0.3, -0.25) is 14.3 Å². The van der Waals surface area contributed by atoms with Crippen LogP contribution in [0.5, 0.6) is 0 Å². The van der Waals surface area contributed by atoms with Gasteiger partial charge in [-0.05, 0) is 24.6 Å². The predicted octanol–water partition coefficient (Wildman–Crippen LogP) is 3.30. The smallest absolute Gasteiger partial charge is 0.270 e. The van der Waals surface area contributed by atoms with E-state index in [2.05, 4.69) is 46.1 Å². The first-order valence-electron chi connectivity index (χ1n) is 10.6. The van der Waals surface area contributed by atoms with Gasteiger partial charge < -0.3 is 15.3 Å². The maximum Gasteiger partial charge on any atom is 0.270 e. The van der Waals surface area contributed by atoms with Crippen molar-refractivity contribution < 1.29 is 4.79 Å². The van der Waals surface area contributed by atoms with E-state index in [9.17, 15) is 9.59 Å². The van der Waals surface area contributed by atoms with E-state index in [4.69, 9.17) is 0 Å². The first kappa shape index (κ1) is 21.5. The van der Waals surface area contributed by atoms with Crippen LogP contribution in [0, 0.1) is 6.92 Å². The SMILES string of the molecule is Cc1nc([C@@H](Cc2c[nH]c3ccccc23)NC(=O)c2cc(C(C)(C)C)nn2C)cc(=O)[nH]1. The molecular formula is C24H28N6O2. The molecule has 0 radical (unpaired) electrons. The molecule has 0 aliphatic heterocycles. The van der Waals surface area contributed by atoms with Gasteiger partial charge in [-0.25, -0.2) is 4.98 Å². The van der Waals surface area contributed by atoms with Crippen LogP contribution in [0.25, 0.3) is 10.9 Å². The van der Waals surface area contributed by atoms with Crippen molar-refractivity contribution in [1.29, 1.82) is 0 Å². The van der Waals surface area contributed by atoms with E-state index in [0.717, 1.165) is 22.2 Å². The molecule has 1 atom stereocenters. The molecule has 32 heavy (non-hydrogen) atoms. The third-order valence-corrected chi connectivity index (χ3v) is 5.52. The zero-order chi connectivity index (χ0) is 23.0. The fourth-order valence-corrected chi connectivity index (χ4v) is 3.81. The quantitative estimate of drug-likeness (QED) is 0.450. The molecule has 4 rings (SSSR count). The Labute approximate surface area is 186 Å². The van der Waals surface area contributed by atoms with Crippen molar-refractivity contribution in [3.8, 4) is 0 Å². The lowest BCUT2D eigenvalue weighted by Crippen LogP contribution is -2.33. The monoisotopic (exact) mass is 432 g/mol. The number of hydrogen-bond donors (Lipinski definition) is 3. The summed E-state index contributed by atoms with van der Waals surface area (Å²) in [6.45, 7) is 7.89. The highest BCUT2D eigenvalue weighted by Crippen LogP contribution is 2.25. The number of amides is 1. The lowest BCUT2D eigenvalue weighted by molar-refractivity contribution is 0.0926. The molecule has 0 fully saturated rings. The molecule has 0 saturated heterocycles. The van der Waals surface area contributed by atoms with Gasteiger partial charge in [0.1, 0.15) is 11.5 Å². The van der Waals surface area contributed by atoms with Crippen LogP contribution in [0.15, 0.2) is 47.4 Å². The van der Waals surface area contributed by atoms with Crippen LogP contribution in [0.3, 0.4) is 0 Å². The van der Waals surface area contributed by atoms with Crippen molar-refractivity contribution in [2.45, 2.75) is 45.6 Å². The van der Waals surface area contributed by atoms with Gasteiger partial charge in [-0.1, -0.05) is 39.0 Å². The highest BCUT2D eigenvalue weighted by Gasteiger charge is 2.25. The number of nitrogens with zero attached hydrogens (tertiary/aromatic N) is 3. The van der Waals surface area contributed by atoms with Gasteiger partial charge in [0.15, 0.2) is 0 Å². The van der Waals surface area contributed by atoms with Gasteiger partial charge in [0, 0.05) is 42.0 Å². The fraction of sp³-hybridized carbons (Fsp3) is 0.333. The van der Waals surface area contributed by atoms with Crippen LogP contribution >= 0.6 is 0 Å². The Balaban J connectivity index is 1.70. The predicted molar refractivity (Wildman–Crippen MR) is 124 cm³/mol. The lowest BCUT2D eigenvalue weighted by Gasteiger charge is -2.18. The van der Waals surface area contributed by atoms with Crippen LogP contribution in [-0.2, 0) is 18.9 Å². The zero-order valence-electron chi connectivity index (χ0n) is 19.0. The second-order valence-electron chi connectivity index (χ2n) is 9.13. The lowest BCUT2D eigenvalue weighted by atomic mass is 9.92. The van der Waals surface area contributed by atoms with E-state index < -0.39 is 6.04 Å². The Morgan fingerprint density at radius 3 is 2.66 bits per heavy atom.